The molecule has 0 bridgehead atoms. The van der Waals surface area contributed by atoms with Crippen LogP contribution in [0, 0.1) is 17.8 Å². The van der Waals surface area contributed by atoms with Crippen LogP contribution in [-0.2, 0) is 38.1 Å². The zero-order valence-corrected chi connectivity index (χ0v) is 31.4. The van der Waals surface area contributed by atoms with Gasteiger partial charge in [0, 0.05) is 13.0 Å². The van der Waals surface area contributed by atoms with Crippen molar-refractivity contribution in [2.75, 3.05) is 21.2 Å². The molecular formula is C37H59NO12. The van der Waals surface area contributed by atoms with E-state index in [1.54, 1.807) is 58.0 Å². The van der Waals surface area contributed by atoms with E-state index in [1.165, 1.54) is 27.9 Å². The van der Waals surface area contributed by atoms with Crippen molar-refractivity contribution in [1.82, 2.24) is 4.90 Å². The number of likely N-dealkylation sites (N-methyl/N-ethyl adjacent to an activating group) is 1. The Morgan fingerprint density at radius 1 is 1.10 bits per heavy atom. The summed E-state index contributed by atoms with van der Waals surface area (Å²) in [5.74, 6) is -4.54. The zero-order chi connectivity index (χ0) is 38.1. The van der Waals surface area contributed by atoms with E-state index in [9.17, 15) is 34.5 Å². The molecule has 1 aliphatic rings. The fourth-order valence-corrected chi connectivity index (χ4v) is 6.68. The van der Waals surface area contributed by atoms with E-state index in [0.717, 1.165) is 0 Å². The van der Waals surface area contributed by atoms with Gasteiger partial charge >= 0.3 is 11.9 Å². The first-order valence-electron chi connectivity index (χ1n) is 17.3. The number of carbonyl (C=O) groups is 4. The molecule has 1 heterocycles. The van der Waals surface area contributed by atoms with E-state index >= 15 is 0 Å². The first kappa shape index (κ1) is 43.4. The van der Waals surface area contributed by atoms with Crippen LogP contribution in [0.1, 0.15) is 85.0 Å². The molecular weight excluding hydrogens is 650 g/mol. The van der Waals surface area contributed by atoms with Crippen molar-refractivity contribution in [3.05, 3.63) is 35.9 Å². The predicted molar refractivity (Wildman–Crippen MR) is 184 cm³/mol. The molecule has 0 saturated carbocycles. The van der Waals surface area contributed by atoms with Crippen molar-refractivity contribution in [2.45, 2.75) is 135 Å². The Kier molecular flexibility index (Phi) is 16.2. The quantitative estimate of drug-likeness (QED) is 0.141. The van der Waals surface area contributed by atoms with Gasteiger partial charge in [0.1, 0.15) is 12.2 Å². The number of benzene rings is 1. The van der Waals surface area contributed by atoms with Gasteiger partial charge in [-0.25, -0.2) is 4.79 Å². The van der Waals surface area contributed by atoms with E-state index in [0.29, 0.717) is 18.3 Å². The number of nitrogens with zero attached hydrogens (tertiary/aromatic N) is 1. The van der Waals surface area contributed by atoms with Crippen molar-refractivity contribution in [2.24, 2.45) is 17.8 Å². The topological polar surface area (TPSA) is 178 Å². The highest BCUT2D eigenvalue weighted by Crippen LogP contribution is 2.38. The maximum absolute atomic E-state index is 13.4. The number of hydrogen-bond acceptors (Lipinski definition) is 13. The van der Waals surface area contributed by atoms with Gasteiger partial charge in [0.2, 0.25) is 0 Å². The van der Waals surface area contributed by atoms with Gasteiger partial charge in [-0.2, -0.15) is 0 Å². The lowest BCUT2D eigenvalue weighted by Gasteiger charge is -2.48. The highest BCUT2D eigenvalue weighted by atomic mass is 16.7. The van der Waals surface area contributed by atoms with Crippen LogP contribution in [0.25, 0.3) is 0 Å². The molecule has 0 amide bonds. The molecule has 1 unspecified atom stereocenters. The van der Waals surface area contributed by atoms with E-state index < -0.39 is 83.5 Å². The molecule has 3 N–H and O–H groups in total. The molecule has 284 valence electrons. The van der Waals surface area contributed by atoms with E-state index in [-0.39, 0.29) is 25.0 Å². The predicted octanol–water partition coefficient (Wildman–Crippen LogP) is 2.95. The maximum atomic E-state index is 13.4. The number of methoxy groups -OCH3 is 1. The smallest absolute Gasteiger partial charge is 0.338 e. The number of ether oxygens (including phenoxy) is 5. The first-order chi connectivity index (χ1) is 23.2. The number of ketones is 1. The van der Waals surface area contributed by atoms with Gasteiger partial charge in [-0.3, -0.25) is 14.4 Å². The number of rotatable bonds is 19. The van der Waals surface area contributed by atoms with Gasteiger partial charge in [0.05, 0.1) is 41.4 Å². The largest absolute Gasteiger partial charge is 0.459 e. The summed E-state index contributed by atoms with van der Waals surface area (Å²) in [5, 5.41) is 32.8. The standard InChI is InChI=1S/C37H59NO12/c1-12-28(36(7,45)20-39)48-33(43)24(5)30(42)23(4)32(37(8,46-11)19-21(2)29(41)25(6)40)50-35-31(27(38(9)10)18-22(3)47-35)49-34(44)26-16-14-13-15-17-26/h13-17,20-24,27-32,35,41-42,45H,12,18-19H2,1-11H3/t21-,22-,23+,24-,27+,28-,29+,30+,31-,32-,35?,36+,37-/m1/s1. The Balaban J connectivity index is 2.59. The summed E-state index contributed by atoms with van der Waals surface area (Å²) in [6.07, 6.45) is -6.38. The molecule has 1 fully saturated rings. The lowest BCUT2D eigenvalue weighted by atomic mass is 9.76. The molecule has 0 radical (unpaired) electrons. The molecule has 0 aliphatic carbocycles. The SMILES string of the molecule is CC[C@@H](OC(=O)[C@H](C)[C@@H](O)[C@H](C)[C@@H](OC1O[C@H](C)C[C@H](N(C)C)[C@H]1OC(=O)c1ccccc1)[C@@](C)(C[C@@H](C)[C@H](O)C(C)=O)OC)[C@@](C)(O)C=O. The third-order valence-electron chi connectivity index (χ3n) is 9.95. The average molecular weight is 710 g/mol. The fourth-order valence-electron chi connectivity index (χ4n) is 6.68. The van der Waals surface area contributed by atoms with Crippen molar-refractivity contribution in [3.8, 4) is 0 Å². The van der Waals surface area contributed by atoms with Crippen molar-refractivity contribution in [3.63, 3.8) is 0 Å². The number of carbonyl (C=O) groups excluding carboxylic acids is 4. The molecule has 0 aromatic heterocycles. The van der Waals surface area contributed by atoms with E-state index in [1.807, 2.05) is 25.9 Å². The van der Waals surface area contributed by atoms with Crippen LogP contribution in [-0.4, -0.2) is 126 Å². The Morgan fingerprint density at radius 2 is 1.70 bits per heavy atom. The summed E-state index contributed by atoms with van der Waals surface area (Å²) in [7, 11) is 5.15. The van der Waals surface area contributed by atoms with Crippen LogP contribution in [0.2, 0.25) is 0 Å². The minimum atomic E-state index is -1.93. The van der Waals surface area contributed by atoms with Gasteiger partial charge in [-0.05, 0) is 86.0 Å². The molecule has 13 heteroatoms. The van der Waals surface area contributed by atoms with Crippen molar-refractivity contribution >= 4 is 24.0 Å². The normalized spacial score (nSPS) is 26.2. The van der Waals surface area contributed by atoms with Gasteiger partial charge in [0.25, 0.3) is 0 Å². The van der Waals surface area contributed by atoms with Gasteiger partial charge in [-0.15, -0.1) is 0 Å². The van der Waals surface area contributed by atoms with Crippen LogP contribution in [0.4, 0.5) is 0 Å². The Bertz CT molecular complexity index is 1260. The molecule has 1 aromatic carbocycles. The van der Waals surface area contributed by atoms with Crippen molar-refractivity contribution < 1.29 is 58.2 Å². The number of esters is 2. The summed E-state index contributed by atoms with van der Waals surface area (Å²) >= 11 is 0. The van der Waals surface area contributed by atoms with Crippen LogP contribution >= 0.6 is 0 Å². The molecule has 50 heavy (non-hydrogen) atoms. The van der Waals surface area contributed by atoms with Crippen LogP contribution in [0.15, 0.2) is 30.3 Å². The number of hydrogen-bond donors (Lipinski definition) is 3. The number of Topliss-reactive ketones (excluding diaryl/α,β-unsaturated/α-hetero) is 1. The van der Waals surface area contributed by atoms with Gasteiger partial charge in [0.15, 0.2) is 30.1 Å². The van der Waals surface area contributed by atoms with Crippen LogP contribution in [0.5, 0.6) is 0 Å². The van der Waals surface area contributed by atoms with Gasteiger partial charge < -0.3 is 43.9 Å². The summed E-state index contributed by atoms with van der Waals surface area (Å²) in [5.41, 5.74) is -2.90. The monoisotopic (exact) mass is 709 g/mol. The number of aliphatic hydroxyl groups excluding tert-OH is 2. The van der Waals surface area contributed by atoms with Crippen LogP contribution in [0.3, 0.4) is 0 Å². The second kappa shape index (κ2) is 18.6. The van der Waals surface area contributed by atoms with Crippen LogP contribution < -0.4 is 0 Å². The minimum Gasteiger partial charge on any atom is -0.459 e. The number of aliphatic hydroxyl groups is 3. The third kappa shape index (κ3) is 10.9. The van der Waals surface area contributed by atoms with Gasteiger partial charge in [-0.1, -0.05) is 39.0 Å². The Morgan fingerprint density at radius 3 is 2.20 bits per heavy atom. The second-order valence-corrected chi connectivity index (χ2v) is 14.4. The highest BCUT2D eigenvalue weighted by Gasteiger charge is 2.50. The molecule has 1 aromatic rings. The third-order valence-corrected chi connectivity index (χ3v) is 9.95. The zero-order valence-electron chi connectivity index (χ0n) is 31.4. The van der Waals surface area contributed by atoms with Crippen molar-refractivity contribution in [1.29, 1.82) is 0 Å². The van der Waals surface area contributed by atoms with E-state index in [4.69, 9.17) is 23.7 Å². The molecule has 1 aliphatic heterocycles. The molecule has 13 atom stereocenters. The number of aldehydes is 1. The first-order valence-corrected chi connectivity index (χ1v) is 17.3. The molecule has 2 rings (SSSR count). The second-order valence-electron chi connectivity index (χ2n) is 14.4. The lowest BCUT2D eigenvalue weighted by Crippen LogP contribution is -2.60. The Hall–Kier alpha value is -2.78. The minimum absolute atomic E-state index is 0.0821. The highest BCUT2D eigenvalue weighted by molar-refractivity contribution is 5.89. The summed E-state index contributed by atoms with van der Waals surface area (Å²) in [4.78, 5) is 52.2. The molecule has 0 spiro atoms. The fraction of sp³-hybridized carbons (Fsp3) is 0.730. The molecule has 1 saturated heterocycles. The lowest BCUT2D eigenvalue weighted by molar-refractivity contribution is -0.301. The Labute approximate surface area is 296 Å². The summed E-state index contributed by atoms with van der Waals surface area (Å²) in [6.45, 7) is 12.6. The molecule has 13 nitrogen and oxygen atoms in total. The average Bonchev–Trinajstić information content (AvgIpc) is 3.08. The maximum Gasteiger partial charge on any atom is 0.338 e. The van der Waals surface area contributed by atoms with E-state index in [2.05, 4.69) is 0 Å². The summed E-state index contributed by atoms with van der Waals surface area (Å²) < 4.78 is 30.7. The summed E-state index contributed by atoms with van der Waals surface area (Å²) in [6, 6.07) is 8.17.